The van der Waals surface area contributed by atoms with E-state index in [0.29, 0.717) is 23.5 Å². The Labute approximate surface area is 171 Å². The Morgan fingerprint density at radius 2 is 1.86 bits per heavy atom. The Morgan fingerprint density at radius 1 is 1.04 bits per heavy atom. The number of carbonyl (C=O) groups is 2. The van der Waals surface area contributed by atoms with Crippen molar-refractivity contribution in [2.75, 3.05) is 5.75 Å². The first-order valence-corrected chi connectivity index (χ1v) is 11.7. The predicted octanol–water partition coefficient (Wildman–Crippen LogP) is 5.64. The molecule has 0 spiro atoms. The molecule has 0 bridgehead atoms. The van der Waals surface area contributed by atoms with Crippen molar-refractivity contribution < 1.29 is 9.59 Å². The zero-order valence-corrected chi connectivity index (χ0v) is 17.3. The molecular formula is C25H28O2S. The summed E-state index contributed by atoms with van der Waals surface area (Å²) in [5.74, 6) is 3.28. The summed E-state index contributed by atoms with van der Waals surface area (Å²) < 4.78 is 0. The highest BCUT2D eigenvalue weighted by Gasteiger charge is 2.60. The molecule has 3 saturated carbocycles. The minimum absolute atomic E-state index is 0.0151. The third-order valence-electron chi connectivity index (χ3n) is 8.24. The van der Waals surface area contributed by atoms with Gasteiger partial charge < -0.3 is 0 Å². The second-order valence-electron chi connectivity index (χ2n) is 9.36. The van der Waals surface area contributed by atoms with Crippen molar-refractivity contribution in [3.05, 3.63) is 54.1 Å². The second-order valence-corrected chi connectivity index (χ2v) is 10.4. The van der Waals surface area contributed by atoms with Crippen LogP contribution in [0, 0.1) is 28.6 Å². The number of hydrogen-bond acceptors (Lipinski definition) is 3. The SMILES string of the molecule is C[C@]12C=CC(=O)C=C1CC[C@H]1[C@@H]3CCC(=O)[C@@]3(CSc3ccccc3)CC[C@@H]12. The summed E-state index contributed by atoms with van der Waals surface area (Å²) >= 11 is 1.87. The minimum atomic E-state index is -0.131. The normalized spacial score (nSPS) is 39.2. The van der Waals surface area contributed by atoms with Crippen LogP contribution >= 0.6 is 11.8 Å². The van der Waals surface area contributed by atoms with Gasteiger partial charge in [0.05, 0.1) is 0 Å². The van der Waals surface area contributed by atoms with E-state index in [0.717, 1.165) is 44.3 Å². The molecule has 3 heteroatoms. The first-order chi connectivity index (χ1) is 13.5. The molecule has 146 valence electrons. The van der Waals surface area contributed by atoms with Gasteiger partial charge in [-0.25, -0.2) is 0 Å². The summed E-state index contributed by atoms with van der Waals surface area (Å²) in [4.78, 5) is 26.3. The van der Waals surface area contributed by atoms with Crippen LogP contribution in [0.15, 0.2) is 59.0 Å². The lowest BCUT2D eigenvalue weighted by molar-refractivity contribution is -0.131. The van der Waals surface area contributed by atoms with Crippen molar-refractivity contribution in [2.24, 2.45) is 28.6 Å². The van der Waals surface area contributed by atoms with Crippen molar-refractivity contribution in [1.29, 1.82) is 0 Å². The van der Waals surface area contributed by atoms with Crippen LogP contribution in [0.3, 0.4) is 0 Å². The molecule has 5 atom stereocenters. The van der Waals surface area contributed by atoms with E-state index >= 15 is 0 Å². The number of ketones is 2. The van der Waals surface area contributed by atoms with E-state index in [1.807, 2.05) is 23.9 Å². The van der Waals surface area contributed by atoms with Gasteiger partial charge in [-0.3, -0.25) is 9.59 Å². The molecule has 4 aliphatic rings. The first-order valence-electron chi connectivity index (χ1n) is 10.7. The maximum absolute atomic E-state index is 13.1. The Morgan fingerprint density at radius 3 is 2.68 bits per heavy atom. The first kappa shape index (κ1) is 18.4. The molecule has 28 heavy (non-hydrogen) atoms. The molecular weight excluding hydrogens is 364 g/mol. The van der Waals surface area contributed by atoms with Gasteiger partial charge >= 0.3 is 0 Å². The van der Waals surface area contributed by atoms with E-state index in [9.17, 15) is 9.59 Å². The van der Waals surface area contributed by atoms with Crippen LogP contribution in [0.5, 0.6) is 0 Å². The van der Waals surface area contributed by atoms with E-state index in [2.05, 4.69) is 37.3 Å². The summed E-state index contributed by atoms with van der Waals surface area (Å²) in [5.41, 5.74) is 1.21. The maximum atomic E-state index is 13.1. The van der Waals surface area contributed by atoms with Crippen LogP contribution in [-0.4, -0.2) is 17.3 Å². The van der Waals surface area contributed by atoms with Crippen molar-refractivity contribution >= 4 is 23.3 Å². The van der Waals surface area contributed by atoms with Crippen LogP contribution in [0.1, 0.15) is 45.4 Å². The number of carbonyl (C=O) groups excluding carboxylic acids is 2. The van der Waals surface area contributed by atoms with E-state index in [4.69, 9.17) is 0 Å². The highest BCUT2D eigenvalue weighted by Crippen LogP contribution is 2.64. The Hall–Kier alpha value is -1.61. The summed E-state index contributed by atoms with van der Waals surface area (Å²) in [6, 6.07) is 10.5. The van der Waals surface area contributed by atoms with Crippen molar-refractivity contribution in [2.45, 2.75) is 50.3 Å². The van der Waals surface area contributed by atoms with Gasteiger partial charge in [-0.05, 0) is 74.1 Å². The van der Waals surface area contributed by atoms with Gasteiger partial charge in [0.25, 0.3) is 0 Å². The van der Waals surface area contributed by atoms with Crippen molar-refractivity contribution in [3.8, 4) is 0 Å². The molecule has 1 aromatic carbocycles. The third kappa shape index (κ3) is 2.69. The van der Waals surface area contributed by atoms with Gasteiger partial charge in [0.1, 0.15) is 5.78 Å². The number of allylic oxidation sites excluding steroid dienone is 4. The molecule has 0 heterocycles. The van der Waals surface area contributed by atoms with Crippen LogP contribution in [0.2, 0.25) is 0 Å². The van der Waals surface area contributed by atoms with Gasteiger partial charge in [0.2, 0.25) is 0 Å². The molecule has 1 aromatic rings. The summed E-state index contributed by atoms with van der Waals surface area (Å²) in [6.07, 6.45) is 12.0. The molecule has 5 rings (SSSR count). The van der Waals surface area contributed by atoms with Crippen LogP contribution in [0.25, 0.3) is 0 Å². The fourth-order valence-electron chi connectivity index (χ4n) is 6.77. The average molecular weight is 393 g/mol. The largest absolute Gasteiger partial charge is 0.299 e. The van der Waals surface area contributed by atoms with Gasteiger partial charge in [0, 0.05) is 27.9 Å². The molecule has 0 saturated heterocycles. The van der Waals surface area contributed by atoms with Crippen LogP contribution in [0.4, 0.5) is 0 Å². The van der Waals surface area contributed by atoms with Gasteiger partial charge in [-0.2, -0.15) is 0 Å². The van der Waals surface area contributed by atoms with E-state index in [1.165, 1.54) is 10.5 Å². The number of rotatable bonds is 3. The molecule has 0 amide bonds. The molecule has 0 aliphatic heterocycles. The fourth-order valence-corrected chi connectivity index (χ4v) is 8.07. The highest BCUT2D eigenvalue weighted by molar-refractivity contribution is 7.99. The lowest BCUT2D eigenvalue weighted by Gasteiger charge is -2.56. The molecule has 3 fully saturated rings. The molecule has 0 aromatic heterocycles. The highest BCUT2D eigenvalue weighted by atomic mass is 32.2. The van der Waals surface area contributed by atoms with Gasteiger partial charge in [-0.1, -0.05) is 36.8 Å². The van der Waals surface area contributed by atoms with E-state index in [1.54, 1.807) is 6.08 Å². The number of benzene rings is 1. The van der Waals surface area contributed by atoms with Crippen LogP contribution in [-0.2, 0) is 9.59 Å². The lowest BCUT2D eigenvalue weighted by atomic mass is 9.48. The van der Waals surface area contributed by atoms with Crippen molar-refractivity contribution in [1.82, 2.24) is 0 Å². The molecule has 0 radical (unpaired) electrons. The molecule has 4 aliphatic carbocycles. The smallest absolute Gasteiger partial charge is 0.178 e. The summed E-state index contributed by atoms with van der Waals surface area (Å²) in [5, 5.41) is 0. The Balaban J connectivity index is 1.43. The van der Waals surface area contributed by atoms with E-state index < -0.39 is 0 Å². The average Bonchev–Trinajstić information content (AvgIpc) is 3.05. The number of fused-ring (bicyclic) bond motifs is 5. The summed E-state index contributed by atoms with van der Waals surface area (Å²) in [7, 11) is 0. The predicted molar refractivity (Wildman–Crippen MR) is 113 cm³/mol. The Kier molecular flexibility index (Phi) is 4.42. The molecule has 0 N–H and O–H groups in total. The molecule has 0 unspecified atom stereocenters. The topological polar surface area (TPSA) is 34.1 Å². The fraction of sp³-hybridized carbons (Fsp3) is 0.520. The zero-order valence-electron chi connectivity index (χ0n) is 16.5. The van der Waals surface area contributed by atoms with Gasteiger partial charge in [-0.15, -0.1) is 11.8 Å². The summed E-state index contributed by atoms with van der Waals surface area (Å²) in [6.45, 7) is 2.33. The van der Waals surface area contributed by atoms with Crippen molar-refractivity contribution in [3.63, 3.8) is 0 Å². The second kappa shape index (κ2) is 6.73. The number of hydrogen-bond donors (Lipinski definition) is 0. The quantitative estimate of drug-likeness (QED) is 0.625. The van der Waals surface area contributed by atoms with Crippen LogP contribution < -0.4 is 0 Å². The van der Waals surface area contributed by atoms with Gasteiger partial charge in [0.15, 0.2) is 5.78 Å². The monoisotopic (exact) mass is 392 g/mol. The maximum Gasteiger partial charge on any atom is 0.178 e. The lowest BCUT2D eigenvalue weighted by Crippen LogP contribution is -2.51. The standard InChI is InChI=1S/C25H28O2S/c1-24-13-11-18(26)15-17(24)7-8-20-21(24)12-14-25(22(20)9-10-23(25)27)16-28-19-5-3-2-4-6-19/h2-6,11,13,15,20-22H,7-10,12,14,16H2,1H3/t20-,21+,22+,24+,25-/m1/s1. The minimum Gasteiger partial charge on any atom is -0.299 e. The number of thioether (sulfide) groups is 1. The number of Topliss-reactive ketones (excluding diaryl/α,β-unsaturated/α-hetero) is 1. The molecule has 2 nitrogen and oxygen atoms in total. The Bertz CT molecular complexity index is 870. The van der Waals surface area contributed by atoms with E-state index in [-0.39, 0.29) is 16.6 Å². The zero-order chi connectivity index (χ0) is 19.4. The third-order valence-corrected chi connectivity index (χ3v) is 9.51.